The fourth-order valence-corrected chi connectivity index (χ4v) is 2.39. The van der Waals surface area contributed by atoms with Gasteiger partial charge in [-0.25, -0.2) is 0 Å². The molecule has 0 spiro atoms. The van der Waals surface area contributed by atoms with Gasteiger partial charge in [0.1, 0.15) is 0 Å². The monoisotopic (exact) mass is 290 g/mol. The minimum absolute atomic E-state index is 0.189. The van der Waals surface area contributed by atoms with Gasteiger partial charge in [-0.3, -0.25) is 4.98 Å². The molecule has 1 heterocycles. The van der Waals surface area contributed by atoms with Gasteiger partial charge in [0, 0.05) is 10.7 Å². The van der Waals surface area contributed by atoms with Crippen molar-refractivity contribution in [2.75, 3.05) is 0 Å². The summed E-state index contributed by atoms with van der Waals surface area (Å²) in [5.74, 6) is 0. The fraction of sp³-hybridized carbons (Fsp3) is 0.214. The molecule has 0 aliphatic rings. The first kappa shape index (κ1) is 12.3. The Labute approximate surface area is 110 Å². The predicted molar refractivity (Wildman–Crippen MR) is 73.9 cm³/mol. The summed E-state index contributed by atoms with van der Waals surface area (Å²) in [5, 5.41) is 0. The second kappa shape index (κ2) is 4.98. The first-order valence-electron chi connectivity index (χ1n) is 5.53. The van der Waals surface area contributed by atoms with Crippen LogP contribution >= 0.6 is 15.9 Å². The van der Waals surface area contributed by atoms with Crippen LogP contribution in [-0.4, -0.2) is 4.98 Å². The number of aromatic nitrogens is 1. The van der Waals surface area contributed by atoms with Crippen molar-refractivity contribution in [1.29, 1.82) is 0 Å². The molecule has 0 saturated heterocycles. The Balaban J connectivity index is 2.48. The van der Waals surface area contributed by atoms with E-state index < -0.39 is 0 Å². The van der Waals surface area contributed by atoms with Crippen LogP contribution in [0.1, 0.15) is 28.4 Å². The predicted octanol–water partition coefficient (Wildman–Crippen LogP) is 3.51. The molecular formula is C14H15BrN2. The lowest BCUT2D eigenvalue weighted by Gasteiger charge is -2.16. The lowest BCUT2D eigenvalue weighted by Crippen LogP contribution is -2.15. The summed E-state index contributed by atoms with van der Waals surface area (Å²) in [5.41, 5.74) is 10.8. The number of aryl methyl sites for hydroxylation is 1. The Morgan fingerprint density at radius 3 is 2.65 bits per heavy atom. The van der Waals surface area contributed by atoms with Crippen LogP contribution < -0.4 is 5.73 Å². The first-order valence-corrected chi connectivity index (χ1v) is 6.32. The SMILES string of the molecule is Cc1cccc(C(N)c2ncccc2Br)c1C. The van der Waals surface area contributed by atoms with Crippen molar-refractivity contribution in [3.05, 3.63) is 63.4 Å². The molecule has 1 aromatic carbocycles. The summed E-state index contributed by atoms with van der Waals surface area (Å²) < 4.78 is 0.952. The minimum atomic E-state index is -0.189. The Bertz CT molecular complexity index is 537. The van der Waals surface area contributed by atoms with Crippen LogP contribution in [0.5, 0.6) is 0 Å². The number of hydrogen-bond acceptors (Lipinski definition) is 2. The van der Waals surface area contributed by atoms with E-state index in [9.17, 15) is 0 Å². The molecule has 1 aromatic heterocycles. The van der Waals surface area contributed by atoms with Gasteiger partial charge in [-0.1, -0.05) is 18.2 Å². The van der Waals surface area contributed by atoms with Crippen molar-refractivity contribution in [2.24, 2.45) is 5.73 Å². The highest BCUT2D eigenvalue weighted by Crippen LogP contribution is 2.27. The van der Waals surface area contributed by atoms with Crippen LogP contribution in [0.3, 0.4) is 0 Å². The van der Waals surface area contributed by atoms with E-state index in [1.165, 1.54) is 11.1 Å². The van der Waals surface area contributed by atoms with Crippen molar-refractivity contribution in [3.63, 3.8) is 0 Å². The van der Waals surface area contributed by atoms with E-state index in [1.54, 1.807) is 6.20 Å². The fourth-order valence-electron chi connectivity index (χ4n) is 1.88. The molecule has 0 radical (unpaired) electrons. The van der Waals surface area contributed by atoms with Gasteiger partial charge >= 0.3 is 0 Å². The third-order valence-electron chi connectivity index (χ3n) is 3.06. The van der Waals surface area contributed by atoms with Gasteiger partial charge in [0.2, 0.25) is 0 Å². The van der Waals surface area contributed by atoms with Gasteiger partial charge in [0.25, 0.3) is 0 Å². The first-order chi connectivity index (χ1) is 8.11. The van der Waals surface area contributed by atoms with Crippen molar-refractivity contribution < 1.29 is 0 Å². The van der Waals surface area contributed by atoms with Gasteiger partial charge in [-0.05, 0) is 58.6 Å². The average Bonchev–Trinajstić information content (AvgIpc) is 2.32. The zero-order valence-corrected chi connectivity index (χ0v) is 11.5. The molecule has 88 valence electrons. The van der Waals surface area contributed by atoms with Gasteiger partial charge in [-0.2, -0.15) is 0 Å². The van der Waals surface area contributed by atoms with Crippen molar-refractivity contribution in [1.82, 2.24) is 4.98 Å². The van der Waals surface area contributed by atoms with Gasteiger partial charge in [-0.15, -0.1) is 0 Å². The van der Waals surface area contributed by atoms with E-state index in [0.29, 0.717) is 0 Å². The third-order valence-corrected chi connectivity index (χ3v) is 3.73. The average molecular weight is 291 g/mol. The Morgan fingerprint density at radius 2 is 1.94 bits per heavy atom. The summed E-state index contributed by atoms with van der Waals surface area (Å²) in [6.07, 6.45) is 1.77. The number of rotatable bonds is 2. The van der Waals surface area contributed by atoms with Crippen LogP contribution in [0.2, 0.25) is 0 Å². The lowest BCUT2D eigenvalue weighted by atomic mass is 9.96. The van der Waals surface area contributed by atoms with Crippen LogP contribution in [0.25, 0.3) is 0 Å². The van der Waals surface area contributed by atoms with E-state index in [4.69, 9.17) is 5.73 Å². The number of benzene rings is 1. The molecule has 2 rings (SSSR count). The van der Waals surface area contributed by atoms with Crippen molar-refractivity contribution in [2.45, 2.75) is 19.9 Å². The number of pyridine rings is 1. The topological polar surface area (TPSA) is 38.9 Å². The van der Waals surface area contributed by atoms with Gasteiger partial charge < -0.3 is 5.73 Å². The van der Waals surface area contributed by atoms with Crippen LogP contribution in [0, 0.1) is 13.8 Å². The van der Waals surface area contributed by atoms with E-state index in [0.717, 1.165) is 15.7 Å². The Morgan fingerprint density at radius 1 is 1.18 bits per heavy atom. The maximum atomic E-state index is 6.29. The van der Waals surface area contributed by atoms with E-state index in [-0.39, 0.29) is 6.04 Å². The molecule has 0 fully saturated rings. The second-order valence-electron chi connectivity index (χ2n) is 4.14. The molecule has 0 amide bonds. The van der Waals surface area contributed by atoms with Crippen molar-refractivity contribution in [3.8, 4) is 0 Å². The molecular weight excluding hydrogens is 276 g/mol. The van der Waals surface area contributed by atoms with E-state index in [1.807, 2.05) is 18.2 Å². The largest absolute Gasteiger partial charge is 0.319 e. The quantitative estimate of drug-likeness (QED) is 0.919. The zero-order valence-electron chi connectivity index (χ0n) is 9.94. The normalized spacial score (nSPS) is 12.5. The standard InChI is InChI=1S/C14H15BrN2/c1-9-5-3-6-11(10(9)2)13(16)14-12(15)7-4-8-17-14/h3-8,13H,16H2,1-2H3. The number of halogens is 1. The summed E-state index contributed by atoms with van der Waals surface area (Å²) in [6.45, 7) is 4.19. The smallest absolute Gasteiger partial charge is 0.0758 e. The van der Waals surface area contributed by atoms with Crippen LogP contribution in [0.4, 0.5) is 0 Å². The molecule has 2 aromatic rings. The van der Waals surface area contributed by atoms with Gasteiger partial charge in [0.05, 0.1) is 11.7 Å². The van der Waals surface area contributed by atoms with E-state index >= 15 is 0 Å². The Kier molecular flexibility index (Phi) is 3.60. The number of nitrogens with two attached hydrogens (primary N) is 1. The zero-order chi connectivity index (χ0) is 12.4. The molecule has 2 N–H and O–H groups in total. The molecule has 2 nitrogen and oxygen atoms in total. The summed E-state index contributed by atoms with van der Waals surface area (Å²) >= 11 is 3.49. The molecule has 0 saturated carbocycles. The molecule has 1 unspecified atom stereocenters. The lowest BCUT2D eigenvalue weighted by molar-refractivity contribution is 0.813. The summed E-state index contributed by atoms with van der Waals surface area (Å²) in [4.78, 5) is 4.35. The minimum Gasteiger partial charge on any atom is -0.319 e. The highest BCUT2D eigenvalue weighted by molar-refractivity contribution is 9.10. The Hall–Kier alpha value is -1.19. The molecule has 0 aliphatic heterocycles. The summed E-state index contributed by atoms with van der Waals surface area (Å²) in [6, 6.07) is 9.86. The molecule has 17 heavy (non-hydrogen) atoms. The highest BCUT2D eigenvalue weighted by atomic mass is 79.9. The second-order valence-corrected chi connectivity index (χ2v) is 4.99. The maximum absolute atomic E-state index is 6.29. The van der Waals surface area contributed by atoms with Gasteiger partial charge in [0.15, 0.2) is 0 Å². The van der Waals surface area contributed by atoms with E-state index in [2.05, 4.69) is 46.9 Å². The van der Waals surface area contributed by atoms with Crippen molar-refractivity contribution >= 4 is 15.9 Å². The van der Waals surface area contributed by atoms with Crippen LogP contribution in [-0.2, 0) is 0 Å². The maximum Gasteiger partial charge on any atom is 0.0758 e. The summed E-state index contributed by atoms with van der Waals surface area (Å²) in [7, 11) is 0. The number of hydrogen-bond donors (Lipinski definition) is 1. The molecule has 3 heteroatoms. The molecule has 1 atom stereocenters. The third kappa shape index (κ3) is 2.40. The highest BCUT2D eigenvalue weighted by Gasteiger charge is 2.15. The molecule has 0 aliphatic carbocycles. The van der Waals surface area contributed by atoms with Crippen LogP contribution in [0.15, 0.2) is 41.0 Å². The molecule has 0 bridgehead atoms. The number of nitrogens with zero attached hydrogens (tertiary/aromatic N) is 1.